The Labute approximate surface area is 140 Å². The summed E-state index contributed by atoms with van der Waals surface area (Å²) in [5, 5.41) is 10.5. The Morgan fingerprint density at radius 2 is 2.13 bits per heavy atom. The molecule has 0 aromatic carbocycles. The summed E-state index contributed by atoms with van der Waals surface area (Å²) in [6, 6.07) is 1.93. The van der Waals surface area contributed by atoms with Crippen LogP contribution in [0, 0.1) is 0 Å². The number of rotatable bonds is 4. The highest BCUT2D eigenvalue weighted by atomic mass is 35.5. The lowest BCUT2D eigenvalue weighted by Gasteiger charge is -2.10. The minimum atomic E-state index is -0.333. The molecule has 122 valence electrons. The van der Waals surface area contributed by atoms with Crippen molar-refractivity contribution in [3.63, 3.8) is 0 Å². The fourth-order valence-corrected chi connectivity index (χ4v) is 3.08. The van der Waals surface area contributed by atoms with Gasteiger partial charge >= 0.3 is 6.03 Å². The van der Waals surface area contributed by atoms with Crippen LogP contribution < -0.4 is 10.6 Å². The maximum Gasteiger partial charge on any atom is 0.324 e. The smallest absolute Gasteiger partial charge is 0.305 e. The molecule has 6 nitrogen and oxygen atoms in total. The predicted molar refractivity (Wildman–Crippen MR) is 91.0 cm³/mol. The zero-order valence-corrected chi connectivity index (χ0v) is 13.8. The van der Waals surface area contributed by atoms with E-state index in [0.717, 1.165) is 24.8 Å². The van der Waals surface area contributed by atoms with Gasteiger partial charge in [-0.1, -0.05) is 31.4 Å². The molecule has 1 aliphatic carbocycles. The molecule has 1 fully saturated rings. The average molecular weight is 334 g/mol. The molecule has 3 rings (SSSR count). The maximum atomic E-state index is 12.1. The van der Waals surface area contributed by atoms with Crippen molar-refractivity contribution >= 4 is 29.1 Å². The van der Waals surface area contributed by atoms with Crippen LogP contribution in [0.1, 0.15) is 44.2 Å². The van der Waals surface area contributed by atoms with Crippen LogP contribution in [0.3, 0.4) is 0 Å². The van der Waals surface area contributed by atoms with E-state index in [0.29, 0.717) is 22.6 Å². The molecule has 1 saturated carbocycles. The number of halogens is 1. The Morgan fingerprint density at radius 3 is 2.87 bits per heavy atom. The SMILES string of the molecule is CCc1cc(Cl)cnc1NC(=O)Nc1cnn(C2CCCC2)c1. The number of hydrogen-bond acceptors (Lipinski definition) is 3. The number of carbonyl (C=O) groups is 1. The molecule has 2 N–H and O–H groups in total. The Morgan fingerprint density at radius 1 is 1.35 bits per heavy atom. The number of anilines is 2. The predicted octanol–water partition coefficient (Wildman–Crippen LogP) is 4.25. The third-order valence-corrected chi connectivity index (χ3v) is 4.31. The van der Waals surface area contributed by atoms with Gasteiger partial charge in [0.1, 0.15) is 5.82 Å². The van der Waals surface area contributed by atoms with Crippen molar-refractivity contribution in [3.8, 4) is 0 Å². The summed E-state index contributed by atoms with van der Waals surface area (Å²) in [6.45, 7) is 1.99. The highest BCUT2D eigenvalue weighted by Crippen LogP contribution is 2.29. The van der Waals surface area contributed by atoms with Gasteiger partial charge in [0.25, 0.3) is 0 Å². The summed E-state index contributed by atoms with van der Waals surface area (Å²) in [5.74, 6) is 0.526. The fourth-order valence-electron chi connectivity index (χ4n) is 2.90. The molecule has 0 aliphatic heterocycles. The largest absolute Gasteiger partial charge is 0.324 e. The second-order valence-corrected chi connectivity index (χ2v) is 6.18. The van der Waals surface area contributed by atoms with Crippen LogP contribution in [0.5, 0.6) is 0 Å². The summed E-state index contributed by atoms with van der Waals surface area (Å²) >= 11 is 5.92. The van der Waals surface area contributed by atoms with Gasteiger partial charge in [-0.3, -0.25) is 10.00 Å². The highest BCUT2D eigenvalue weighted by Gasteiger charge is 2.18. The van der Waals surface area contributed by atoms with Gasteiger partial charge in [-0.2, -0.15) is 5.10 Å². The summed E-state index contributed by atoms with van der Waals surface area (Å²) in [6.07, 6.45) is 10.6. The molecule has 0 spiro atoms. The van der Waals surface area contributed by atoms with Crippen LogP contribution in [0.15, 0.2) is 24.7 Å². The van der Waals surface area contributed by atoms with E-state index in [1.54, 1.807) is 6.20 Å². The van der Waals surface area contributed by atoms with Gasteiger partial charge in [-0.25, -0.2) is 9.78 Å². The zero-order chi connectivity index (χ0) is 16.2. The number of aromatic nitrogens is 3. The third kappa shape index (κ3) is 3.82. The molecular formula is C16H20ClN5O. The Balaban J connectivity index is 1.63. The molecule has 0 atom stereocenters. The first-order chi connectivity index (χ1) is 11.2. The number of nitrogens with one attached hydrogen (secondary N) is 2. The molecule has 23 heavy (non-hydrogen) atoms. The van der Waals surface area contributed by atoms with Crippen molar-refractivity contribution < 1.29 is 4.79 Å². The van der Waals surface area contributed by atoms with Crippen molar-refractivity contribution in [2.45, 2.75) is 45.1 Å². The maximum absolute atomic E-state index is 12.1. The first-order valence-electron chi connectivity index (χ1n) is 7.92. The van der Waals surface area contributed by atoms with Crippen molar-refractivity contribution in [1.29, 1.82) is 0 Å². The Hall–Kier alpha value is -2.08. The highest BCUT2D eigenvalue weighted by molar-refractivity contribution is 6.30. The summed E-state index contributed by atoms with van der Waals surface area (Å²) in [4.78, 5) is 16.3. The number of aryl methyl sites for hydroxylation is 1. The van der Waals surface area contributed by atoms with Gasteiger partial charge in [0, 0.05) is 12.4 Å². The number of nitrogens with zero attached hydrogens (tertiary/aromatic N) is 3. The lowest BCUT2D eigenvalue weighted by molar-refractivity contribution is 0.262. The number of pyridine rings is 1. The molecule has 1 aliphatic rings. The second kappa shape index (κ2) is 7.00. The minimum Gasteiger partial charge on any atom is -0.305 e. The molecule has 2 heterocycles. The lowest BCUT2D eigenvalue weighted by atomic mass is 10.2. The zero-order valence-electron chi connectivity index (χ0n) is 13.1. The number of carbonyl (C=O) groups excluding carboxylic acids is 1. The molecule has 7 heteroatoms. The first-order valence-corrected chi connectivity index (χ1v) is 8.30. The molecule has 0 unspecified atom stereocenters. The monoisotopic (exact) mass is 333 g/mol. The second-order valence-electron chi connectivity index (χ2n) is 5.74. The molecular weight excluding hydrogens is 314 g/mol. The quantitative estimate of drug-likeness (QED) is 0.878. The fraction of sp³-hybridized carbons (Fsp3) is 0.438. The van der Waals surface area contributed by atoms with Gasteiger partial charge in [0.2, 0.25) is 0 Å². The van der Waals surface area contributed by atoms with Gasteiger partial charge in [0.05, 0.1) is 22.9 Å². The van der Waals surface area contributed by atoms with E-state index >= 15 is 0 Å². The number of urea groups is 1. The Bertz CT molecular complexity index is 694. The van der Waals surface area contributed by atoms with E-state index < -0.39 is 0 Å². The van der Waals surface area contributed by atoms with Crippen LogP contribution in [0.2, 0.25) is 5.02 Å². The standard InChI is InChI=1S/C16H20ClN5O/c1-2-11-7-12(17)8-18-15(11)21-16(23)20-13-9-19-22(10-13)14-5-3-4-6-14/h7-10,14H,2-6H2,1H3,(H2,18,20,21,23). The van der Waals surface area contributed by atoms with Gasteiger partial charge in [-0.15, -0.1) is 0 Å². The minimum absolute atomic E-state index is 0.333. The summed E-state index contributed by atoms with van der Waals surface area (Å²) in [7, 11) is 0. The summed E-state index contributed by atoms with van der Waals surface area (Å²) in [5.41, 5.74) is 1.58. The number of amides is 2. The van der Waals surface area contributed by atoms with Crippen molar-refractivity contribution in [2.24, 2.45) is 0 Å². The van der Waals surface area contributed by atoms with Crippen molar-refractivity contribution in [1.82, 2.24) is 14.8 Å². The van der Waals surface area contributed by atoms with E-state index in [9.17, 15) is 4.79 Å². The molecule has 0 radical (unpaired) electrons. The van der Waals surface area contributed by atoms with Crippen LogP contribution in [0.4, 0.5) is 16.3 Å². The van der Waals surface area contributed by atoms with Gasteiger partial charge in [0.15, 0.2) is 0 Å². The first kappa shape index (κ1) is 15.8. The molecule has 2 aromatic rings. The molecule has 2 amide bonds. The molecule has 2 aromatic heterocycles. The summed E-state index contributed by atoms with van der Waals surface area (Å²) < 4.78 is 1.95. The Kier molecular flexibility index (Phi) is 4.81. The van der Waals surface area contributed by atoms with E-state index in [1.807, 2.05) is 23.9 Å². The van der Waals surface area contributed by atoms with Crippen LogP contribution in [-0.4, -0.2) is 20.8 Å². The average Bonchev–Trinajstić information content (AvgIpc) is 3.20. The third-order valence-electron chi connectivity index (χ3n) is 4.10. The van der Waals surface area contributed by atoms with Crippen LogP contribution in [0.25, 0.3) is 0 Å². The van der Waals surface area contributed by atoms with Crippen LogP contribution in [-0.2, 0) is 6.42 Å². The van der Waals surface area contributed by atoms with E-state index in [2.05, 4.69) is 20.7 Å². The topological polar surface area (TPSA) is 71.8 Å². The van der Waals surface area contributed by atoms with Crippen LogP contribution >= 0.6 is 11.6 Å². The van der Waals surface area contributed by atoms with Crippen molar-refractivity contribution in [3.05, 3.63) is 35.2 Å². The normalized spacial score (nSPS) is 14.9. The lowest BCUT2D eigenvalue weighted by Crippen LogP contribution is -2.20. The van der Waals surface area contributed by atoms with E-state index in [1.165, 1.54) is 19.0 Å². The number of hydrogen-bond donors (Lipinski definition) is 2. The molecule has 0 bridgehead atoms. The van der Waals surface area contributed by atoms with Gasteiger partial charge in [-0.05, 0) is 30.9 Å². The van der Waals surface area contributed by atoms with Crippen molar-refractivity contribution in [2.75, 3.05) is 10.6 Å². The van der Waals surface area contributed by atoms with E-state index in [4.69, 9.17) is 11.6 Å². The van der Waals surface area contributed by atoms with Gasteiger partial charge < -0.3 is 5.32 Å². The van der Waals surface area contributed by atoms with E-state index in [-0.39, 0.29) is 6.03 Å². The molecule has 0 saturated heterocycles.